The number of aromatic nitrogens is 3. The summed E-state index contributed by atoms with van der Waals surface area (Å²) in [4.78, 5) is 16.7. The fraction of sp³-hybridized carbons (Fsp3) is 0.167. The fourth-order valence-corrected chi connectivity index (χ4v) is 3.59. The number of carbonyl (C=O) groups excluding carboxylic acids is 1. The van der Waals surface area contributed by atoms with Crippen LogP contribution in [0.2, 0.25) is 0 Å². The summed E-state index contributed by atoms with van der Waals surface area (Å²) < 4.78 is 18.2. The average Bonchev–Trinajstić information content (AvgIpc) is 3.37. The summed E-state index contributed by atoms with van der Waals surface area (Å²) in [5.74, 6) is -0.526. The number of carbonyl (C=O) groups is 1. The topological polar surface area (TPSA) is 51.9 Å². The van der Waals surface area contributed by atoms with Crippen LogP contribution in [-0.4, -0.2) is 20.0 Å². The molecule has 0 radical (unpaired) electrons. The van der Waals surface area contributed by atoms with Crippen molar-refractivity contribution in [1.82, 2.24) is 19.4 Å². The van der Waals surface area contributed by atoms with E-state index in [1.165, 1.54) is 11.6 Å². The van der Waals surface area contributed by atoms with Crippen molar-refractivity contribution in [3.63, 3.8) is 0 Å². The van der Waals surface area contributed by atoms with Crippen LogP contribution in [0.4, 0.5) is 4.39 Å². The first kappa shape index (κ1) is 19.6. The first-order valence-electron chi connectivity index (χ1n) is 9.78. The van der Waals surface area contributed by atoms with E-state index in [9.17, 15) is 9.18 Å². The van der Waals surface area contributed by atoms with Gasteiger partial charge in [-0.05, 0) is 43.2 Å². The maximum atomic E-state index is 14.4. The molecule has 152 valence electrons. The molecule has 0 saturated heterocycles. The molecule has 0 saturated carbocycles. The van der Waals surface area contributed by atoms with Gasteiger partial charge in [-0.3, -0.25) is 4.79 Å². The molecule has 2 heterocycles. The van der Waals surface area contributed by atoms with E-state index in [0.717, 1.165) is 11.4 Å². The zero-order valence-electron chi connectivity index (χ0n) is 17.0. The van der Waals surface area contributed by atoms with Gasteiger partial charge in [-0.25, -0.2) is 9.37 Å². The lowest BCUT2D eigenvalue weighted by Crippen LogP contribution is -2.23. The van der Waals surface area contributed by atoms with Crippen molar-refractivity contribution < 1.29 is 9.18 Å². The second-order valence-corrected chi connectivity index (χ2v) is 7.29. The molecule has 0 aliphatic carbocycles. The molecular formula is C24H23FN4O. The lowest BCUT2D eigenvalue weighted by molar-refractivity contribution is 0.0950. The highest BCUT2D eigenvalue weighted by molar-refractivity contribution is 5.95. The van der Waals surface area contributed by atoms with Crippen LogP contribution in [0.5, 0.6) is 0 Å². The largest absolute Gasteiger partial charge is 0.348 e. The number of rotatable bonds is 6. The van der Waals surface area contributed by atoms with Crippen LogP contribution in [-0.2, 0) is 13.1 Å². The Balaban J connectivity index is 1.46. The summed E-state index contributed by atoms with van der Waals surface area (Å²) in [6.45, 7) is 4.91. The molecule has 2 aromatic heterocycles. The van der Waals surface area contributed by atoms with E-state index in [-0.39, 0.29) is 18.3 Å². The molecule has 4 rings (SSSR count). The quantitative estimate of drug-likeness (QED) is 0.519. The number of aryl methyl sites for hydroxylation is 1. The van der Waals surface area contributed by atoms with Crippen LogP contribution < -0.4 is 5.32 Å². The zero-order valence-corrected chi connectivity index (χ0v) is 17.0. The fourth-order valence-electron chi connectivity index (χ4n) is 3.59. The van der Waals surface area contributed by atoms with E-state index >= 15 is 0 Å². The Labute approximate surface area is 174 Å². The Hall–Kier alpha value is -3.67. The molecule has 0 atom stereocenters. The van der Waals surface area contributed by atoms with Gasteiger partial charge < -0.3 is 14.5 Å². The number of amides is 1. The summed E-state index contributed by atoms with van der Waals surface area (Å²) in [6, 6.07) is 17.0. The number of benzene rings is 2. The highest BCUT2D eigenvalue weighted by Crippen LogP contribution is 2.18. The number of hydrogen-bond acceptors (Lipinski definition) is 2. The van der Waals surface area contributed by atoms with Gasteiger partial charge in [-0.15, -0.1) is 0 Å². The lowest BCUT2D eigenvalue weighted by atomic mass is 10.1. The third-order valence-electron chi connectivity index (χ3n) is 5.25. The molecule has 1 N–H and O–H groups in total. The summed E-state index contributed by atoms with van der Waals surface area (Å²) in [7, 11) is 0. The van der Waals surface area contributed by atoms with E-state index in [2.05, 4.69) is 27.0 Å². The van der Waals surface area contributed by atoms with Crippen LogP contribution in [0.3, 0.4) is 0 Å². The zero-order chi connectivity index (χ0) is 21.1. The van der Waals surface area contributed by atoms with Gasteiger partial charge in [0.05, 0.1) is 17.6 Å². The highest BCUT2D eigenvalue weighted by atomic mass is 19.1. The third-order valence-corrected chi connectivity index (χ3v) is 5.25. The number of imidazole rings is 1. The number of hydrogen-bond donors (Lipinski definition) is 1. The van der Waals surface area contributed by atoms with Crippen molar-refractivity contribution >= 4 is 5.91 Å². The van der Waals surface area contributed by atoms with E-state index in [1.807, 2.05) is 38.1 Å². The molecule has 0 fully saturated rings. The van der Waals surface area contributed by atoms with E-state index in [1.54, 1.807) is 35.4 Å². The maximum Gasteiger partial charge on any atom is 0.253 e. The summed E-state index contributed by atoms with van der Waals surface area (Å²) in [5.41, 5.74) is 4.88. The first-order chi connectivity index (χ1) is 14.5. The number of halogens is 1. The maximum absolute atomic E-state index is 14.4. The number of nitrogens with zero attached hydrogens (tertiary/aromatic N) is 3. The minimum Gasteiger partial charge on any atom is -0.348 e. The summed E-state index contributed by atoms with van der Waals surface area (Å²) in [5, 5.41) is 2.90. The smallest absolute Gasteiger partial charge is 0.253 e. The van der Waals surface area contributed by atoms with Gasteiger partial charge in [0.2, 0.25) is 0 Å². The van der Waals surface area contributed by atoms with Gasteiger partial charge >= 0.3 is 0 Å². The molecule has 4 aromatic rings. The van der Waals surface area contributed by atoms with Crippen molar-refractivity contribution in [3.05, 3.63) is 107 Å². The van der Waals surface area contributed by atoms with Gasteiger partial charge in [0, 0.05) is 36.9 Å². The van der Waals surface area contributed by atoms with E-state index < -0.39 is 0 Å². The molecule has 30 heavy (non-hydrogen) atoms. The van der Waals surface area contributed by atoms with Crippen molar-refractivity contribution in [2.75, 3.05) is 0 Å². The van der Waals surface area contributed by atoms with Crippen molar-refractivity contribution in [3.8, 4) is 5.69 Å². The molecule has 0 unspecified atom stereocenters. The van der Waals surface area contributed by atoms with Crippen LogP contribution in [0.15, 0.2) is 73.3 Å². The van der Waals surface area contributed by atoms with Gasteiger partial charge in [0.25, 0.3) is 5.91 Å². The summed E-state index contributed by atoms with van der Waals surface area (Å²) in [6.07, 6.45) is 4.83. The molecule has 1 amide bonds. The predicted octanol–water partition coefficient (Wildman–Crippen LogP) is 4.41. The van der Waals surface area contributed by atoms with Gasteiger partial charge in [0.15, 0.2) is 0 Å². The minimum absolute atomic E-state index is 0.165. The van der Waals surface area contributed by atoms with Gasteiger partial charge in [0.1, 0.15) is 5.82 Å². The average molecular weight is 402 g/mol. The first-order valence-corrected chi connectivity index (χ1v) is 9.78. The van der Waals surface area contributed by atoms with Crippen molar-refractivity contribution in [2.45, 2.75) is 26.9 Å². The molecule has 2 aromatic carbocycles. The van der Waals surface area contributed by atoms with Crippen LogP contribution in [0.1, 0.15) is 32.9 Å². The highest BCUT2D eigenvalue weighted by Gasteiger charge is 2.16. The molecule has 0 aliphatic heterocycles. The minimum atomic E-state index is -0.360. The number of nitrogens with one attached hydrogen (secondary N) is 1. The third kappa shape index (κ3) is 4.03. The van der Waals surface area contributed by atoms with Crippen molar-refractivity contribution in [2.24, 2.45) is 0 Å². The Kier molecular flexibility index (Phi) is 5.48. The normalized spacial score (nSPS) is 10.9. The Morgan fingerprint density at radius 2 is 1.87 bits per heavy atom. The van der Waals surface area contributed by atoms with Gasteiger partial charge in [-0.2, -0.15) is 0 Å². The molecule has 0 spiro atoms. The van der Waals surface area contributed by atoms with Crippen LogP contribution in [0.25, 0.3) is 5.69 Å². The molecule has 0 bridgehead atoms. The molecule has 6 heteroatoms. The second-order valence-electron chi connectivity index (χ2n) is 7.29. The van der Waals surface area contributed by atoms with Crippen LogP contribution in [0, 0.1) is 19.7 Å². The monoisotopic (exact) mass is 402 g/mol. The van der Waals surface area contributed by atoms with Crippen molar-refractivity contribution in [1.29, 1.82) is 0 Å². The standard InChI is InChI=1S/C24H23FN4O/c1-17-12-21(18(2)29(17)15-19-6-4-3-5-7-19)24(30)27-14-20-8-9-23(22(25)13-20)28-11-10-26-16-28/h3-13,16H,14-15H2,1-2H3,(H,27,30). The molecule has 5 nitrogen and oxygen atoms in total. The summed E-state index contributed by atoms with van der Waals surface area (Å²) >= 11 is 0. The second kappa shape index (κ2) is 8.37. The Morgan fingerprint density at radius 1 is 1.07 bits per heavy atom. The van der Waals surface area contributed by atoms with Gasteiger partial charge in [-0.1, -0.05) is 36.4 Å². The lowest BCUT2D eigenvalue weighted by Gasteiger charge is -2.11. The predicted molar refractivity (Wildman–Crippen MR) is 114 cm³/mol. The van der Waals surface area contributed by atoms with Crippen LogP contribution >= 0.6 is 0 Å². The van der Waals surface area contributed by atoms with E-state index in [4.69, 9.17) is 0 Å². The Bertz CT molecular complexity index is 1160. The molecule has 0 aliphatic rings. The SMILES string of the molecule is Cc1cc(C(=O)NCc2ccc(-n3ccnc3)c(F)c2)c(C)n1Cc1ccccc1. The van der Waals surface area contributed by atoms with E-state index in [0.29, 0.717) is 23.4 Å². The molecular weight excluding hydrogens is 379 g/mol. The Morgan fingerprint density at radius 3 is 2.57 bits per heavy atom.